The third-order valence-electron chi connectivity index (χ3n) is 3.57. The fraction of sp³-hybridized carbons (Fsp3) is 0.222. The molecule has 3 aromatic rings. The Morgan fingerprint density at radius 2 is 1.93 bits per heavy atom. The molecule has 3 rings (SSSR count). The Morgan fingerprint density at radius 3 is 2.56 bits per heavy atom. The largest absolute Gasteiger partial charge is 0.510 e. The Labute approximate surface area is 169 Å². The summed E-state index contributed by atoms with van der Waals surface area (Å²) in [7, 11) is 1.83. The van der Waals surface area contributed by atoms with Crippen molar-refractivity contribution < 1.29 is 5.11 Å². The zero-order valence-electron chi connectivity index (χ0n) is 14.8. The van der Waals surface area contributed by atoms with Crippen molar-refractivity contribution in [3.63, 3.8) is 0 Å². The van der Waals surface area contributed by atoms with Crippen LogP contribution in [-0.4, -0.2) is 36.4 Å². The van der Waals surface area contributed by atoms with Gasteiger partial charge in [0.05, 0.1) is 16.8 Å². The second kappa shape index (κ2) is 8.61. The van der Waals surface area contributed by atoms with Crippen LogP contribution in [0.1, 0.15) is 12.7 Å². The van der Waals surface area contributed by atoms with Crippen molar-refractivity contribution in [3.8, 4) is 6.07 Å². The minimum Gasteiger partial charge on any atom is -0.510 e. The number of hydrogen-bond donors (Lipinski definition) is 1. The lowest BCUT2D eigenvalue weighted by atomic mass is 10.2. The van der Waals surface area contributed by atoms with E-state index in [2.05, 4.69) is 27.8 Å². The summed E-state index contributed by atoms with van der Waals surface area (Å²) in [5, 5.41) is 28.3. The average molecular weight is 416 g/mol. The number of para-hydroxylation sites is 2. The SMILES string of the molecule is C=C(C)CSc1nnc(SC/C(O)=C(\C#N)c2nc3ccccc3n2C)s1. The molecule has 1 aromatic carbocycles. The van der Waals surface area contributed by atoms with Gasteiger partial charge >= 0.3 is 0 Å². The van der Waals surface area contributed by atoms with Gasteiger partial charge in [0.2, 0.25) is 0 Å². The molecule has 0 bridgehead atoms. The number of aliphatic hydroxyl groups is 1. The molecule has 2 aromatic heterocycles. The van der Waals surface area contributed by atoms with Crippen LogP contribution >= 0.6 is 34.9 Å². The highest BCUT2D eigenvalue weighted by Gasteiger charge is 2.17. The van der Waals surface area contributed by atoms with Gasteiger partial charge < -0.3 is 9.67 Å². The van der Waals surface area contributed by atoms with Crippen LogP contribution in [0.5, 0.6) is 0 Å². The molecule has 0 aliphatic heterocycles. The molecule has 9 heteroatoms. The average Bonchev–Trinajstić information content (AvgIpc) is 3.24. The molecule has 0 fully saturated rings. The first-order chi connectivity index (χ1) is 13.0. The number of aryl methyl sites for hydroxylation is 1. The smallest absolute Gasteiger partial charge is 0.175 e. The van der Waals surface area contributed by atoms with Crippen LogP contribution in [0.2, 0.25) is 0 Å². The molecule has 0 amide bonds. The van der Waals surface area contributed by atoms with Crippen LogP contribution in [0.25, 0.3) is 16.6 Å². The third-order valence-corrected chi connectivity index (χ3v) is 7.01. The number of thioether (sulfide) groups is 2. The summed E-state index contributed by atoms with van der Waals surface area (Å²) in [5.74, 6) is 1.46. The first-order valence-electron chi connectivity index (χ1n) is 7.97. The molecule has 0 radical (unpaired) electrons. The molecule has 6 nitrogen and oxygen atoms in total. The number of imidazole rings is 1. The van der Waals surface area contributed by atoms with E-state index in [1.165, 1.54) is 23.1 Å². The number of benzene rings is 1. The predicted octanol–water partition coefficient (Wildman–Crippen LogP) is 4.68. The van der Waals surface area contributed by atoms with Crippen LogP contribution in [-0.2, 0) is 7.05 Å². The summed E-state index contributed by atoms with van der Waals surface area (Å²) in [6.45, 7) is 5.84. The van der Waals surface area contributed by atoms with Crippen molar-refractivity contribution in [1.82, 2.24) is 19.7 Å². The maximum atomic E-state index is 10.5. The van der Waals surface area contributed by atoms with Crippen molar-refractivity contribution >= 4 is 51.5 Å². The maximum absolute atomic E-state index is 10.5. The molecule has 0 saturated heterocycles. The monoisotopic (exact) mass is 415 g/mol. The normalized spacial score (nSPS) is 12.0. The number of hydrogen-bond acceptors (Lipinski definition) is 8. The molecule has 0 aliphatic rings. The van der Waals surface area contributed by atoms with Crippen LogP contribution < -0.4 is 0 Å². The number of allylic oxidation sites excluding steroid dienone is 1. The van der Waals surface area contributed by atoms with Crippen molar-refractivity contribution in [2.24, 2.45) is 7.05 Å². The standard InChI is InChI=1S/C18H17N5OS3/c1-11(2)9-25-17-21-22-18(27-17)26-10-15(24)12(8-19)16-20-13-6-4-5-7-14(13)23(16)3/h4-7,24H,1,9-10H2,2-3H3/b15-12-. The van der Waals surface area contributed by atoms with Crippen LogP contribution in [0.15, 0.2) is 50.9 Å². The second-order valence-corrected chi connectivity index (χ2v) is 9.21. The van der Waals surface area contributed by atoms with Crippen LogP contribution in [0, 0.1) is 11.3 Å². The molecule has 27 heavy (non-hydrogen) atoms. The zero-order chi connectivity index (χ0) is 19.4. The number of nitrogens with zero attached hydrogens (tertiary/aromatic N) is 5. The summed E-state index contributed by atoms with van der Waals surface area (Å²) < 4.78 is 3.42. The van der Waals surface area contributed by atoms with Crippen molar-refractivity contribution in [3.05, 3.63) is 48.0 Å². The fourth-order valence-corrected chi connectivity index (χ4v) is 5.05. The van der Waals surface area contributed by atoms with Gasteiger partial charge in [0.15, 0.2) is 14.5 Å². The third kappa shape index (κ3) is 4.53. The van der Waals surface area contributed by atoms with Gasteiger partial charge in [0, 0.05) is 12.8 Å². The molecule has 0 spiro atoms. The molecule has 0 atom stereocenters. The van der Waals surface area contributed by atoms with Gasteiger partial charge in [-0.25, -0.2) is 4.98 Å². The van der Waals surface area contributed by atoms with Gasteiger partial charge in [-0.05, 0) is 19.1 Å². The van der Waals surface area contributed by atoms with E-state index in [-0.39, 0.29) is 17.1 Å². The Morgan fingerprint density at radius 1 is 1.26 bits per heavy atom. The molecule has 0 saturated carbocycles. The van der Waals surface area contributed by atoms with Crippen molar-refractivity contribution in [2.45, 2.75) is 15.6 Å². The number of nitriles is 1. The Balaban J connectivity index is 1.77. The van der Waals surface area contributed by atoms with E-state index >= 15 is 0 Å². The predicted molar refractivity (Wildman–Crippen MR) is 112 cm³/mol. The van der Waals surface area contributed by atoms with E-state index in [1.54, 1.807) is 11.8 Å². The summed E-state index contributed by atoms with van der Waals surface area (Å²) in [6.07, 6.45) is 0. The topological polar surface area (TPSA) is 87.6 Å². The minimum absolute atomic E-state index is 0.0211. The van der Waals surface area contributed by atoms with Crippen LogP contribution in [0.3, 0.4) is 0 Å². The lowest BCUT2D eigenvalue weighted by molar-refractivity contribution is 0.420. The molecular weight excluding hydrogens is 398 g/mol. The fourth-order valence-electron chi connectivity index (χ4n) is 2.31. The highest BCUT2D eigenvalue weighted by atomic mass is 32.2. The van der Waals surface area contributed by atoms with E-state index < -0.39 is 0 Å². The lowest BCUT2D eigenvalue weighted by Gasteiger charge is -2.04. The molecule has 1 N–H and O–H groups in total. The van der Waals surface area contributed by atoms with E-state index in [0.717, 1.165) is 31.0 Å². The summed E-state index contributed by atoms with van der Waals surface area (Å²) in [5.41, 5.74) is 2.93. The van der Waals surface area contributed by atoms with Gasteiger partial charge in [0.1, 0.15) is 17.4 Å². The molecule has 0 aliphatic carbocycles. The minimum atomic E-state index is -0.0211. The van der Waals surface area contributed by atoms with Crippen molar-refractivity contribution in [2.75, 3.05) is 11.5 Å². The van der Waals surface area contributed by atoms with Gasteiger partial charge in [-0.3, -0.25) is 0 Å². The van der Waals surface area contributed by atoms with Gasteiger partial charge in [-0.15, -0.1) is 10.2 Å². The van der Waals surface area contributed by atoms with E-state index in [0.29, 0.717) is 5.82 Å². The molecule has 138 valence electrons. The zero-order valence-corrected chi connectivity index (χ0v) is 17.3. The summed E-state index contributed by atoms with van der Waals surface area (Å²) >= 11 is 4.40. The Hall–Kier alpha value is -2.28. The molecule has 2 heterocycles. The molecule has 0 unspecified atom stereocenters. The van der Waals surface area contributed by atoms with Gasteiger partial charge in [-0.1, -0.05) is 59.1 Å². The second-order valence-electron chi connectivity index (χ2n) is 5.78. The van der Waals surface area contributed by atoms with Crippen LogP contribution in [0.4, 0.5) is 0 Å². The number of aromatic nitrogens is 4. The van der Waals surface area contributed by atoms with E-state index in [9.17, 15) is 10.4 Å². The Bertz CT molecular complexity index is 1060. The maximum Gasteiger partial charge on any atom is 0.175 e. The van der Waals surface area contributed by atoms with E-state index in [1.807, 2.05) is 42.8 Å². The van der Waals surface area contributed by atoms with E-state index in [4.69, 9.17) is 0 Å². The van der Waals surface area contributed by atoms with Gasteiger partial charge in [0.25, 0.3) is 0 Å². The summed E-state index contributed by atoms with van der Waals surface area (Å²) in [6, 6.07) is 9.70. The number of rotatable bonds is 7. The quantitative estimate of drug-likeness (QED) is 0.259. The molecular formula is C18H17N5OS3. The lowest BCUT2D eigenvalue weighted by Crippen LogP contribution is -2.00. The summed E-state index contributed by atoms with van der Waals surface area (Å²) in [4.78, 5) is 4.48. The number of aliphatic hydroxyl groups excluding tert-OH is 1. The highest BCUT2D eigenvalue weighted by Crippen LogP contribution is 2.31. The first-order valence-corrected chi connectivity index (χ1v) is 10.8. The first kappa shape index (κ1) is 19.5. The number of fused-ring (bicyclic) bond motifs is 1. The Kier molecular flexibility index (Phi) is 6.21. The van der Waals surface area contributed by atoms with Gasteiger partial charge in [-0.2, -0.15) is 5.26 Å². The van der Waals surface area contributed by atoms with Crippen molar-refractivity contribution in [1.29, 1.82) is 5.26 Å². The highest BCUT2D eigenvalue weighted by molar-refractivity contribution is 8.03.